The minimum Gasteiger partial charge on any atom is -0.348 e. The van der Waals surface area contributed by atoms with Crippen LogP contribution in [0.5, 0.6) is 0 Å². The molecule has 1 heterocycles. The van der Waals surface area contributed by atoms with Crippen LogP contribution >= 0.6 is 0 Å². The molecule has 2 amide bonds. The number of benzene rings is 2. The fourth-order valence-corrected chi connectivity index (χ4v) is 2.80. The Morgan fingerprint density at radius 1 is 0.897 bits per heavy atom. The predicted molar refractivity (Wildman–Crippen MR) is 114 cm³/mol. The van der Waals surface area contributed by atoms with Gasteiger partial charge in [-0.25, -0.2) is 9.97 Å². The molecule has 2 aromatic carbocycles. The number of carbonyl (C=O) groups is 2. The van der Waals surface area contributed by atoms with Crippen LogP contribution in [0.4, 0.5) is 17.3 Å². The van der Waals surface area contributed by atoms with E-state index in [0.717, 1.165) is 5.56 Å². The Morgan fingerprint density at radius 3 is 2.14 bits per heavy atom. The lowest BCUT2D eigenvalue weighted by Crippen LogP contribution is -2.17. The first kappa shape index (κ1) is 20.0. The molecular formula is C22H23N5O2. The third-order valence-electron chi connectivity index (χ3n) is 4.20. The summed E-state index contributed by atoms with van der Waals surface area (Å²) in [4.78, 5) is 32.5. The van der Waals surface area contributed by atoms with Gasteiger partial charge in [0, 0.05) is 24.0 Å². The SMILES string of the molecule is CC(=O)Nc1ccc(NC(=O)c2cc(C)nc(NC(C)c3ccccc3)n2)cc1. The van der Waals surface area contributed by atoms with Crippen LogP contribution in [0, 0.1) is 6.92 Å². The van der Waals surface area contributed by atoms with Gasteiger partial charge < -0.3 is 16.0 Å². The van der Waals surface area contributed by atoms with Crippen LogP contribution in [0.2, 0.25) is 0 Å². The molecule has 148 valence electrons. The maximum absolute atomic E-state index is 12.6. The van der Waals surface area contributed by atoms with E-state index in [-0.39, 0.29) is 23.6 Å². The molecule has 1 aromatic heterocycles. The van der Waals surface area contributed by atoms with Crippen LogP contribution in [-0.2, 0) is 4.79 Å². The maximum Gasteiger partial charge on any atom is 0.274 e. The molecule has 0 saturated heterocycles. The molecule has 7 nitrogen and oxygen atoms in total. The lowest BCUT2D eigenvalue weighted by Gasteiger charge is -2.15. The largest absolute Gasteiger partial charge is 0.348 e. The van der Waals surface area contributed by atoms with E-state index < -0.39 is 0 Å². The number of amides is 2. The third-order valence-corrected chi connectivity index (χ3v) is 4.20. The Labute approximate surface area is 169 Å². The van der Waals surface area contributed by atoms with E-state index in [4.69, 9.17) is 0 Å². The van der Waals surface area contributed by atoms with Crippen LogP contribution in [0.1, 0.15) is 41.6 Å². The Kier molecular flexibility index (Phi) is 6.19. The van der Waals surface area contributed by atoms with E-state index in [9.17, 15) is 9.59 Å². The van der Waals surface area contributed by atoms with Crippen molar-refractivity contribution in [1.82, 2.24) is 9.97 Å². The van der Waals surface area contributed by atoms with Crippen LogP contribution in [0.15, 0.2) is 60.7 Å². The van der Waals surface area contributed by atoms with Gasteiger partial charge in [0.05, 0.1) is 6.04 Å². The average molecular weight is 389 g/mol. The molecule has 0 spiro atoms. The zero-order valence-electron chi connectivity index (χ0n) is 16.6. The number of hydrogen-bond donors (Lipinski definition) is 3. The van der Waals surface area contributed by atoms with Gasteiger partial charge in [-0.1, -0.05) is 30.3 Å². The fourth-order valence-electron chi connectivity index (χ4n) is 2.80. The minimum absolute atomic E-state index is 0.00442. The zero-order valence-corrected chi connectivity index (χ0v) is 16.6. The van der Waals surface area contributed by atoms with Gasteiger partial charge in [-0.2, -0.15) is 0 Å². The molecule has 7 heteroatoms. The smallest absolute Gasteiger partial charge is 0.274 e. The summed E-state index contributed by atoms with van der Waals surface area (Å²) in [6, 6.07) is 18.5. The Morgan fingerprint density at radius 2 is 1.52 bits per heavy atom. The number of rotatable bonds is 6. The van der Waals surface area contributed by atoms with Crippen LogP contribution < -0.4 is 16.0 Å². The van der Waals surface area contributed by atoms with Crippen molar-refractivity contribution in [1.29, 1.82) is 0 Å². The Balaban J connectivity index is 1.71. The first-order valence-electron chi connectivity index (χ1n) is 9.27. The highest BCUT2D eigenvalue weighted by Gasteiger charge is 2.13. The quantitative estimate of drug-likeness (QED) is 0.588. The second kappa shape index (κ2) is 8.97. The molecular weight excluding hydrogens is 366 g/mol. The number of hydrogen-bond acceptors (Lipinski definition) is 5. The molecule has 0 aliphatic rings. The second-order valence-electron chi connectivity index (χ2n) is 6.71. The number of aryl methyl sites for hydroxylation is 1. The molecule has 1 unspecified atom stereocenters. The molecule has 0 saturated carbocycles. The highest BCUT2D eigenvalue weighted by atomic mass is 16.2. The van der Waals surface area contributed by atoms with Gasteiger partial charge in [0.1, 0.15) is 5.69 Å². The van der Waals surface area contributed by atoms with E-state index in [1.54, 1.807) is 30.3 Å². The first-order chi connectivity index (χ1) is 13.9. The standard InChI is InChI=1S/C22H23N5O2/c1-14-13-20(21(29)26-19-11-9-18(10-12-19)25-16(3)28)27-22(23-14)24-15(2)17-7-5-4-6-8-17/h4-13,15H,1-3H3,(H,25,28)(H,26,29)(H,23,24,27). The molecule has 3 N–H and O–H groups in total. The summed E-state index contributed by atoms with van der Waals surface area (Å²) in [6.45, 7) is 5.27. The van der Waals surface area contributed by atoms with E-state index in [0.29, 0.717) is 23.0 Å². The second-order valence-corrected chi connectivity index (χ2v) is 6.71. The van der Waals surface area contributed by atoms with Gasteiger partial charge in [-0.3, -0.25) is 9.59 Å². The highest BCUT2D eigenvalue weighted by molar-refractivity contribution is 6.03. The summed E-state index contributed by atoms with van der Waals surface area (Å²) < 4.78 is 0. The van der Waals surface area contributed by atoms with E-state index >= 15 is 0 Å². The number of anilines is 3. The van der Waals surface area contributed by atoms with Crippen molar-refractivity contribution in [2.75, 3.05) is 16.0 Å². The van der Waals surface area contributed by atoms with Crippen LogP contribution in [0.25, 0.3) is 0 Å². The van der Waals surface area contributed by atoms with Crippen LogP contribution in [-0.4, -0.2) is 21.8 Å². The maximum atomic E-state index is 12.6. The molecule has 3 aromatic rings. The molecule has 3 rings (SSSR count). The number of carbonyl (C=O) groups excluding carboxylic acids is 2. The Hall–Kier alpha value is -3.74. The molecule has 0 fully saturated rings. The van der Waals surface area contributed by atoms with E-state index in [1.807, 2.05) is 44.2 Å². The first-order valence-corrected chi connectivity index (χ1v) is 9.27. The molecule has 0 aliphatic carbocycles. The summed E-state index contributed by atoms with van der Waals surface area (Å²) in [6.07, 6.45) is 0. The zero-order chi connectivity index (χ0) is 20.8. The fraction of sp³-hybridized carbons (Fsp3) is 0.182. The van der Waals surface area contributed by atoms with Gasteiger partial charge >= 0.3 is 0 Å². The summed E-state index contributed by atoms with van der Waals surface area (Å²) in [5.41, 5.74) is 3.32. The topological polar surface area (TPSA) is 96.0 Å². The summed E-state index contributed by atoms with van der Waals surface area (Å²) >= 11 is 0. The van der Waals surface area contributed by atoms with Gasteiger partial charge in [0.15, 0.2) is 0 Å². The highest BCUT2D eigenvalue weighted by Crippen LogP contribution is 2.18. The summed E-state index contributed by atoms with van der Waals surface area (Å²) in [7, 11) is 0. The van der Waals surface area contributed by atoms with Crippen molar-refractivity contribution >= 4 is 29.1 Å². The molecule has 0 bridgehead atoms. The van der Waals surface area contributed by atoms with Crippen molar-refractivity contribution < 1.29 is 9.59 Å². The van der Waals surface area contributed by atoms with Crippen molar-refractivity contribution in [2.45, 2.75) is 26.8 Å². The third kappa shape index (κ3) is 5.62. The monoisotopic (exact) mass is 389 g/mol. The van der Waals surface area contributed by atoms with Crippen LogP contribution in [0.3, 0.4) is 0 Å². The number of nitrogens with zero attached hydrogens (tertiary/aromatic N) is 2. The minimum atomic E-state index is -0.335. The van der Waals surface area contributed by atoms with Crippen molar-refractivity contribution in [3.05, 3.63) is 77.6 Å². The van der Waals surface area contributed by atoms with Crippen molar-refractivity contribution in [3.8, 4) is 0 Å². The average Bonchev–Trinajstić information content (AvgIpc) is 2.69. The summed E-state index contributed by atoms with van der Waals surface area (Å²) in [5, 5.41) is 8.73. The number of aromatic nitrogens is 2. The van der Waals surface area contributed by atoms with E-state index in [2.05, 4.69) is 25.9 Å². The van der Waals surface area contributed by atoms with Gasteiger partial charge in [-0.15, -0.1) is 0 Å². The molecule has 0 radical (unpaired) electrons. The lowest BCUT2D eigenvalue weighted by molar-refractivity contribution is -0.114. The molecule has 1 atom stereocenters. The van der Waals surface area contributed by atoms with Gasteiger partial charge in [0.25, 0.3) is 5.91 Å². The van der Waals surface area contributed by atoms with Gasteiger partial charge in [-0.05, 0) is 49.7 Å². The number of nitrogens with one attached hydrogen (secondary N) is 3. The normalized spacial score (nSPS) is 11.4. The Bertz CT molecular complexity index is 1000. The molecule has 29 heavy (non-hydrogen) atoms. The molecule has 0 aliphatic heterocycles. The van der Waals surface area contributed by atoms with E-state index in [1.165, 1.54) is 6.92 Å². The van der Waals surface area contributed by atoms with Crippen molar-refractivity contribution in [2.24, 2.45) is 0 Å². The van der Waals surface area contributed by atoms with Crippen molar-refractivity contribution in [3.63, 3.8) is 0 Å². The summed E-state index contributed by atoms with van der Waals surface area (Å²) in [5.74, 6) is -0.0892. The predicted octanol–water partition coefficient (Wildman–Crippen LogP) is 4.17. The lowest BCUT2D eigenvalue weighted by atomic mass is 10.1. The van der Waals surface area contributed by atoms with Gasteiger partial charge in [0.2, 0.25) is 11.9 Å².